The molecule has 0 aliphatic carbocycles. The summed E-state index contributed by atoms with van der Waals surface area (Å²) in [5.41, 5.74) is 3.54. The van der Waals surface area contributed by atoms with Crippen LogP contribution in [0.3, 0.4) is 0 Å². The van der Waals surface area contributed by atoms with E-state index in [0.29, 0.717) is 35.3 Å². The van der Waals surface area contributed by atoms with Gasteiger partial charge in [0.1, 0.15) is 5.65 Å². The van der Waals surface area contributed by atoms with Gasteiger partial charge >= 0.3 is 0 Å². The molecule has 0 amide bonds. The molecule has 11 heteroatoms. The number of tetrazole rings is 1. The Bertz CT molecular complexity index is 1470. The molecule has 1 N–H and O–H groups in total. The van der Waals surface area contributed by atoms with Crippen molar-refractivity contribution in [1.82, 2.24) is 34.7 Å². The van der Waals surface area contributed by atoms with Crippen molar-refractivity contribution in [2.24, 2.45) is 7.05 Å². The van der Waals surface area contributed by atoms with Gasteiger partial charge in [0.05, 0.1) is 21.3 Å². The molecule has 0 atom stereocenters. The van der Waals surface area contributed by atoms with Gasteiger partial charge in [0, 0.05) is 54.8 Å². The van der Waals surface area contributed by atoms with E-state index < -0.39 is 0 Å². The van der Waals surface area contributed by atoms with Crippen molar-refractivity contribution in [3.63, 3.8) is 0 Å². The molecule has 0 radical (unpaired) electrons. The summed E-state index contributed by atoms with van der Waals surface area (Å²) in [6.07, 6.45) is 4.39. The number of aromatic nitrogens is 7. The molecule has 35 heavy (non-hydrogen) atoms. The number of fused-ring (bicyclic) bond motifs is 1. The summed E-state index contributed by atoms with van der Waals surface area (Å²) in [7, 11) is 6.55. The Labute approximate surface area is 201 Å². The summed E-state index contributed by atoms with van der Waals surface area (Å²) in [4.78, 5) is 9.24. The predicted octanol–water partition coefficient (Wildman–Crippen LogP) is 3.30. The molecule has 3 aromatic heterocycles. The Kier molecular flexibility index (Phi) is 5.88. The fraction of sp³-hybridized carbons (Fsp3) is 0.208. The first-order valence-corrected chi connectivity index (χ1v) is 10.8. The van der Waals surface area contributed by atoms with Crippen LogP contribution in [0.2, 0.25) is 0 Å². The molecule has 5 aromatic rings. The lowest BCUT2D eigenvalue weighted by molar-refractivity contribution is 0.324. The topological polar surface area (TPSA) is 114 Å². The van der Waals surface area contributed by atoms with Gasteiger partial charge in [-0.1, -0.05) is 12.1 Å². The number of ether oxygens (including phenoxy) is 3. The Morgan fingerprint density at radius 2 is 1.77 bits per heavy atom. The van der Waals surface area contributed by atoms with Gasteiger partial charge < -0.3 is 24.1 Å². The predicted molar refractivity (Wildman–Crippen MR) is 130 cm³/mol. The lowest BCUT2D eigenvalue weighted by Crippen LogP contribution is -2.03. The molecule has 0 aliphatic rings. The number of hydrogen-bond acceptors (Lipinski definition) is 9. The van der Waals surface area contributed by atoms with E-state index in [1.54, 1.807) is 44.3 Å². The minimum atomic E-state index is 0.438. The monoisotopic (exact) mass is 472 g/mol. The van der Waals surface area contributed by atoms with Crippen molar-refractivity contribution < 1.29 is 14.2 Å². The van der Waals surface area contributed by atoms with Crippen molar-refractivity contribution in [3.8, 4) is 22.9 Å². The van der Waals surface area contributed by atoms with Gasteiger partial charge in [0.15, 0.2) is 17.3 Å². The van der Waals surface area contributed by atoms with E-state index in [9.17, 15) is 0 Å². The highest BCUT2D eigenvalue weighted by Gasteiger charge is 2.15. The summed E-state index contributed by atoms with van der Waals surface area (Å²) in [5.74, 6) is 2.82. The second-order valence-electron chi connectivity index (χ2n) is 7.76. The zero-order valence-electron chi connectivity index (χ0n) is 19.8. The van der Waals surface area contributed by atoms with Crippen molar-refractivity contribution in [1.29, 1.82) is 0 Å². The minimum absolute atomic E-state index is 0.438. The summed E-state index contributed by atoms with van der Waals surface area (Å²) in [6, 6.07) is 13.8. The van der Waals surface area contributed by atoms with E-state index in [4.69, 9.17) is 19.2 Å². The van der Waals surface area contributed by atoms with E-state index in [2.05, 4.69) is 38.0 Å². The van der Waals surface area contributed by atoms with Crippen LogP contribution >= 0.6 is 0 Å². The average molecular weight is 473 g/mol. The number of rotatable bonds is 8. The van der Waals surface area contributed by atoms with E-state index in [-0.39, 0.29) is 0 Å². The van der Waals surface area contributed by atoms with Gasteiger partial charge in [-0.15, -0.1) is 5.10 Å². The lowest BCUT2D eigenvalue weighted by atomic mass is 10.1. The number of nitrogens with zero attached hydrogens (tertiary/aromatic N) is 7. The van der Waals surface area contributed by atoms with Crippen LogP contribution in [0.4, 0.5) is 11.6 Å². The molecule has 0 aliphatic heterocycles. The second kappa shape index (κ2) is 9.29. The van der Waals surface area contributed by atoms with Crippen LogP contribution < -0.4 is 19.5 Å². The first kappa shape index (κ1) is 22.1. The van der Waals surface area contributed by atoms with Crippen LogP contribution in [-0.2, 0) is 13.5 Å². The van der Waals surface area contributed by atoms with E-state index >= 15 is 0 Å². The third-order valence-electron chi connectivity index (χ3n) is 5.61. The molecule has 0 saturated carbocycles. The maximum absolute atomic E-state index is 5.44. The molecular formula is C24H24N8O3. The summed E-state index contributed by atoms with van der Waals surface area (Å²) < 4.78 is 20.0. The molecule has 5 rings (SSSR count). The van der Waals surface area contributed by atoms with Gasteiger partial charge in [-0.3, -0.25) is 0 Å². The molecule has 178 valence electrons. The van der Waals surface area contributed by atoms with Gasteiger partial charge in [-0.2, -0.15) is 4.98 Å². The average Bonchev–Trinajstić information content (AvgIpc) is 3.49. The second-order valence-corrected chi connectivity index (χ2v) is 7.76. The van der Waals surface area contributed by atoms with Gasteiger partial charge in [0.25, 0.3) is 0 Å². The summed E-state index contributed by atoms with van der Waals surface area (Å²) in [5, 5.41) is 15.9. The third kappa shape index (κ3) is 4.31. The van der Waals surface area contributed by atoms with Crippen LogP contribution in [0.15, 0.2) is 54.9 Å². The molecule has 0 saturated heterocycles. The van der Waals surface area contributed by atoms with E-state index in [1.165, 1.54) is 0 Å². The van der Waals surface area contributed by atoms with Crippen molar-refractivity contribution in [2.75, 3.05) is 26.6 Å². The molecule has 0 unspecified atom stereocenters. The Morgan fingerprint density at radius 3 is 2.46 bits per heavy atom. The molecular weight excluding hydrogens is 448 g/mol. The van der Waals surface area contributed by atoms with Gasteiger partial charge in [-0.05, 0) is 34.2 Å². The number of nitrogens with one attached hydrogen (secondary N) is 1. The molecule has 3 heterocycles. The summed E-state index contributed by atoms with van der Waals surface area (Å²) >= 11 is 0. The molecule has 11 nitrogen and oxygen atoms in total. The molecule has 0 bridgehead atoms. The Morgan fingerprint density at radius 1 is 0.971 bits per heavy atom. The number of aryl methyl sites for hydroxylation is 1. The van der Waals surface area contributed by atoms with Crippen molar-refractivity contribution in [3.05, 3.63) is 66.2 Å². The van der Waals surface area contributed by atoms with Crippen molar-refractivity contribution in [2.45, 2.75) is 6.42 Å². The zero-order valence-corrected chi connectivity index (χ0v) is 19.8. The zero-order chi connectivity index (χ0) is 24.4. The maximum atomic E-state index is 5.44. The normalized spacial score (nSPS) is 11.0. The van der Waals surface area contributed by atoms with Crippen LogP contribution in [0.5, 0.6) is 17.2 Å². The highest BCUT2D eigenvalue weighted by atomic mass is 16.5. The third-order valence-corrected chi connectivity index (χ3v) is 5.61. The first-order valence-electron chi connectivity index (χ1n) is 10.8. The minimum Gasteiger partial charge on any atom is -0.493 e. The van der Waals surface area contributed by atoms with Crippen molar-refractivity contribution >= 4 is 22.7 Å². The fourth-order valence-electron chi connectivity index (χ4n) is 3.87. The number of anilines is 2. The fourth-order valence-corrected chi connectivity index (χ4v) is 3.87. The maximum Gasteiger partial charge on any atom is 0.229 e. The summed E-state index contributed by atoms with van der Waals surface area (Å²) in [6.45, 7) is 0. The largest absolute Gasteiger partial charge is 0.493 e. The Hall–Kier alpha value is -4.67. The molecule has 0 fully saturated rings. The quantitative estimate of drug-likeness (QED) is 0.363. The standard InChI is InChI=1S/C24H24N8O3/c1-31-21(28-29-30-31)11-15-6-5-7-18(10-15)32-9-8-16-14-25-24(27-23(16)32)26-17-12-19(33-2)22(35-4)20(13-17)34-3/h5-10,12-14H,11H2,1-4H3,(H,25,26,27). The number of methoxy groups -OCH3 is 3. The Balaban J connectivity index is 1.47. The smallest absolute Gasteiger partial charge is 0.229 e. The number of benzene rings is 2. The SMILES string of the molecule is COc1cc(Nc2ncc3ccn(-c4cccc(Cc5nnnn5C)c4)c3n2)cc(OC)c1OC. The van der Waals surface area contributed by atoms with Crippen LogP contribution in [0.1, 0.15) is 11.4 Å². The van der Waals surface area contributed by atoms with E-state index in [0.717, 1.165) is 28.1 Å². The van der Waals surface area contributed by atoms with Crippen LogP contribution in [0, 0.1) is 0 Å². The van der Waals surface area contributed by atoms with Gasteiger partial charge in [0.2, 0.25) is 11.7 Å². The highest BCUT2D eigenvalue weighted by Crippen LogP contribution is 2.40. The number of hydrogen-bond donors (Lipinski definition) is 1. The molecule has 2 aromatic carbocycles. The van der Waals surface area contributed by atoms with Crippen LogP contribution in [0.25, 0.3) is 16.7 Å². The first-order chi connectivity index (χ1) is 17.1. The lowest BCUT2D eigenvalue weighted by Gasteiger charge is -2.14. The van der Waals surface area contributed by atoms with E-state index in [1.807, 2.05) is 36.0 Å². The highest BCUT2D eigenvalue weighted by molar-refractivity contribution is 5.79. The molecule has 0 spiro atoms. The van der Waals surface area contributed by atoms with Crippen LogP contribution in [-0.4, -0.2) is 56.1 Å². The van der Waals surface area contributed by atoms with Gasteiger partial charge in [-0.25, -0.2) is 9.67 Å².